The van der Waals surface area contributed by atoms with Crippen LogP contribution >= 0.6 is 0 Å². The fourth-order valence-corrected chi connectivity index (χ4v) is 4.40. The highest BCUT2D eigenvalue weighted by Gasteiger charge is 2.24. The minimum atomic E-state index is 0.461. The molecule has 0 saturated carbocycles. The van der Waals surface area contributed by atoms with Gasteiger partial charge >= 0.3 is 0 Å². The Morgan fingerprint density at radius 1 is 1.16 bits per heavy atom. The lowest BCUT2D eigenvalue weighted by molar-refractivity contribution is 0.158. The van der Waals surface area contributed by atoms with Gasteiger partial charge in [-0.05, 0) is 43.9 Å². The second-order valence-electron chi connectivity index (χ2n) is 8.44. The molecule has 6 heteroatoms. The molecule has 6 nitrogen and oxygen atoms in total. The number of hydrogen-bond acceptors (Lipinski definition) is 3. The molecule has 0 spiro atoms. The molecule has 4 rings (SSSR count). The predicted octanol–water partition coefficient (Wildman–Crippen LogP) is 3.58. The van der Waals surface area contributed by atoms with E-state index in [0.717, 1.165) is 56.2 Å². The maximum Gasteiger partial charge on any atom is 0.191 e. The summed E-state index contributed by atoms with van der Waals surface area (Å²) in [5.74, 6) is 0.884. The molecule has 1 aromatic carbocycles. The van der Waals surface area contributed by atoms with E-state index in [2.05, 4.69) is 93.6 Å². The molecule has 3 heterocycles. The van der Waals surface area contributed by atoms with Gasteiger partial charge in [-0.3, -0.25) is 9.89 Å². The van der Waals surface area contributed by atoms with E-state index in [-0.39, 0.29) is 0 Å². The number of nitrogens with zero attached hydrogens (tertiary/aromatic N) is 4. The number of fused-ring (bicyclic) bond motifs is 1. The molecule has 1 unspecified atom stereocenters. The van der Waals surface area contributed by atoms with Crippen LogP contribution in [0.5, 0.6) is 0 Å². The number of aryl methyl sites for hydroxylation is 1. The zero-order chi connectivity index (χ0) is 21.6. The molecule has 2 aromatic heterocycles. The Labute approximate surface area is 185 Å². The fourth-order valence-electron chi connectivity index (χ4n) is 4.40. The fraction of sp³-hybridized carbons (Fsp3) is 0.440. The zero-order valence-electron chi connectivity index (χ0n) is 18.9. The van der Waals surface area contributed by atoms with Crippen LogP contribution in [0.3, 0.4) is 0 Å². The Kier molecular flexibility index (Phi) is 6.87. The van der Waals surface area contributed by atoms with E-state index in [0.29, 0.717) is 12.1 Å². The Morgan fingerprint density at radius 2 is 1.94 bits per heavy atom. The van der Waals surface area contributed by atoms with Crippen molar-refractivity contribution in [2.45, 2.75) is 45.2 Å². The van der Waals surface area contributed by atoms with Gasteiger partial charge in [-0.15, -0.1) is 0 Å². The van der Waals surface area contributed by atoms with E-state index in [1.54, 1.807) is 0 Å². The highest BCUT2D eigenvalue weighted by molar-refractivity contribution is 5.79. The molecule has 1 saturated heterocycles. The number of nitrogens with one attached hydrogen (secondary N) is 2. The molecule has 31 heavy (non-hydrogen) atoms. The summed E-state index contributed by atoms with van der Waals surface area (Å²) >= 11 is 0. The molecule has 0 radical (unpaired) electrons. The largest absolute Gasteiger partial charge is 0.356 e. The van der Waals surface area contributed by atoms with Crippen LogP contribution < -0.4 is 10.6 Å². The van der Waals surface area contributed by atoms with Gasteiger partial charge in [-0.1, -0.05) is 36.4 Å². The number of aliphatic imine (C=N–C) groups is 1. The molecule has 3 aromatic rings. The number of guanidine groups is 1. The van der Waals surface area contributed by atoms with E-state index in [1.807, 2.05) is 7.05 Å². The van der Waals surface area contributed by atoms with Crippen LogP contribution in [0.2, 0.25) is 0 Å². The summed E-state index contributed by atoms with van der Waals surface area (Å²) in [5, 5.41) is 7.07. The molecule has 1 aliphatic rings. The average Bonchev–Trinajstić information content (AvgIpc) is 3.23. The van der Waals surface area contributed by atoms with Gasteiger partial charge in [0.2, 0.25) is 0 Å². The van der Waals surface area contributed by atoms with Gasteiger partial charge < -0.3 is 15.0 Å². The van der Waals surface area contributed by atoms with E-state index >= 15 is 0 Å². The van der Waals surface area contributed by atoms with Crippen molar-refractivity contribution in [2.75, 3.05) is 26.7 Å². The summed E-state index contributed by atoms with van der Waals surface area (Å²) in [6.45, 7) is 7.43. The Hall–Kier alpha value is -2.86. The standard InChI is InChI=1S/C25H34N6/c1-19-8-7-15-31-18-23(28-24(19)31)11-14-27-25(26-3)29-22-12-16-30(17-13-22)20(2)21-9-5-4-6-10-21/h4-10,15,18,20,22H,11-14,16-17H2,1-3H3,(H2,26,27,29). The van der Waals surface area contributed by atoms with E-state index in [9.17, 15) is 0 Å². The zero-order valence-corrected chi connectivity index (χ0v) is 18.9. The first-order valence-electron chi connectivity index (χ1n) is 11.3. The number of rotatable bonds is 6. The summed E-state index contributed by atoms with van der Waals surface area (Å²) in [6.07, 6.45) is 7.30. The Balaban J connectivity index is 1.23. The summed E-state index contributed by atoms with van der Waals surface area (Å²) in [5.41, 5.74) is 4.73. The minimum Gasteiger partial charge on any atom is -0.356 e. The van der Waals surface area contributed by atoms with Gasteiger partial charge in [0.25, 0.3) is 0 Å². The van der Waals surface area contributed by atoms with Crippen LogP contribution in [0.4, 0.5) is 0 Å². The first kappa shape index (κ1) is 21.4. The van der Waals surface area contributed by atoms with Crippen molar-refractivity contribution < 1.29 is 0 Å². The highest BCUT2D eigenvalue weighted by Crippen LogP contribution is 2.24. The normalized spacial score (nSPS) is 17.1. The summed E-state index contributed by atoms with van der Waals surface area (Å²) in [7, 11) is 1.84. The molecule has 1 fully saturated rings. The molecule has 0 bridgehead atoms. The number of hydrogen-bond donors (Lipinski definition) is 2. The number of aromatic nitrogens is 2. The second-order valence-corrected chi connectivity index (χ2v) is 8.44. The maximum atomic E-state index is 4.76. The predicted molar refractivity (Wildman–Crippen MR) is 128 cm³/mol. The van der Waals surface area contributed by atoms with Gasteiger partial charge in [-0.25, -0.2) is 4.98 Å². The SMILES string of the molecule is CN=C(NCCc1cn2cccc(C)c2n1)NC1CCN(C(C)c2ccccc2)CC1. The lowest BCUT2D eigenvalue weighted by Gasteiger charge is -2.37. The first-order chi connectivity index (χ1) is 15.1. The third-order valence-electron chi connectivity index (χ3n) is 6.33. The highest BCUT2D eigenvalue weighted by atomic mass is 15.2. The van der Waals surface area contributed by atoms with Crippen molar-refractivity contribution in [3.63, 3.8) is 0 Å². The van der Waals surface area contributed by atoms with Gasteiger partial charge in [0.15, 0.2) is 5.96 Å². The van der Waals surface area contributed by atoms with Crippen LogP contribution in [-0.4, -0.2) is 53.0 Å². The van der Waals surface area contributed by atoms with Crippen LogP contribution in [0.25, 0.3) is 5.65 Å². The summed E-state index contributed by atoms with van der Waals surface area (Å²) in [4.78, 5) is 11.8. The maximum absolute atomic E-state index is 4.76. The van der Waals surface area contributed by atoms with Crippen molar-refractivity contribution in [2.24, 2.45) is 4.99 Å². The third kappa shape index (κ3) is 5.25. The van der Waals surface area contributed by atoms with Gasteiger partial charge in [0.05, 0.1) is 5.69 Å². The second kappa shape index (κ2) is 9.96. The molecule has 1 aliphatic heterocycles. The van der Waals surface area contributed by atoms with E-state index in [4.69, 9.17) is 4.98 Å². The third-order valence-corrected chi connectivity index (χ3v) is 6.33. The van der Waals surface area contributed by atoms with Gasteiger partial charge in [-0.2, -0.15) is 0 Å². The van der Waals surface area contributed by atoms with Crippen molar-refractivity contribution in [1.82, 2.24) is 24.9 Å². The molecular formula is C25H34N6. The number of likely N-dealkylation sites (tertiary alicyclic amines) is 1. The monoisotopic (exact) mass is 418 g/mol. The summed E-state index contributed by atoms with van der Waals surface area (Å²) in [6, 6.07) is 15.9. The smallest absolute Gasteiger partial charge is 0.191 e. The quantitative estimate of drug-likeness (QED) is 0.475. The Morgan fingerprint density at radius 3 is 2.65 bits per heavy atom. The lowest BCUT2D eigenvalue weighted by atomic mass is 10.0. The number of pyridine rings is 1. The van der Waals surface area contributed by atoms with Crippen LogP contribution in [0, 0.1) is 6.92 Å². The van der Waals surface area contributed by atoms with Crippen molar-refractivity contribution in [3.8, 4) is 0 Å². The first-order valence-corrected chi connectivity index (χ1v) is 11.3. The van der Waals surface area contributed by atoms with E-state index < -0.39 is 0 Å². The molecular weight excluding hydrogens is 384 g/mol. The van der Waals surface area contributed by atoms with Crippen LogP contribution in [0.15, 0.2) is 59.9 Å². The van der Waals surface area contributed by atoms with Crippen molar-refractivity contribution in [1.29, 1.82) is 0 Å². The molecule has 164 valence electrons. The van der Waals surface area contributed by atoms with Gasteiger partial charge in [0.1, 0.15) is 5.65 Å². The number of imidazole rings is 1. The minimum absolute atomic E-state index is 0.461. The average molecular weight is 419 g/mol. The number of benzene rings is 1. The van der Waals surface area contributed by atoms with Crippen molar-refractivity contribution >= 4 is 11.6 Å². The topological polar surface area (TPSA) is 57.0 Å². The Bertz CT molecular complexity index is 1000. The van der Waals surface area contributed by atoms with Crippen LogP contribution in [0.1, 0.15) is 42.6 Å². The van der Waals surface area contributed by atoms with E-state index in [1.165, 1.54) is 11.1 Å². The number of piperidine rings is 1. The summed E-state index contributed by atoms with van der Waals surface area (Å²) < 4.78 is 2.10. The lowest BCUT2D eigenvalue weighted by Crippen LogP contribution is -2.49. The van der Waals surface area contributed by atoms with Crippen molar-refractivity contribution in [3.05, 3.63) is 71.7 Å². The van der Waals surface area contributed by atoms with Crippen LogP contribution in [-0.2, 0) is 6.42 Å². The molecule has 0 amide bonds. The molecule has 2 N–H and O–H groups in total. The molecule has 0 aliphatic carbocycles. The molecule has 1 atom stereocenters. The van der Waals surface area contributed by atoms with Gasteiger partial charge in [0, 0.05) is 57.6 Å².